The van der Waals surface area contributed by atoms with Crippen LogP contribution in [0.4, 0.5) is 27.3 Å². The molecule has 0 aromatic carbocycles. The first-order valence-corrected chi connectivity index (χ1v) is 9.95. The highest BCUT2D eigenvalue weighted by molar-refractivity contribution is 5.87. The van der Waals surface area contributed by atoms with E-state index >= 15 is 0 Å². The summed E-state index contributed by atoms with van der Waals surface area (Å²) < 4.78 is 62.0. The third-order valence-electron chi connectivity index (χ3n) is 2.76. The Bertz CT molecular complexity index is 635. The Morgan fingerprint density at radius 2 is 1.11 bits per heavy atom. The van der Waals surface area contributed by atoms with Gasteiger partial charge in [0.15, 0.2) is 0 Å². The predicted octanol–water partition coefficient (Wildman–Crippen LogP) is 4.08. The number of alkyl halides is 3. The first kappa shape index (κ1) is 43.7. The molecule has 0 spiro atoms. The maximum atomic E-state index is 11.6. The summed E-state index contributed by atoms with van der Waals surface area (Å²) >= 11 is 0. The van der Waals surface area contributed by atoms with Crippen LogP contribution in [0.3, 0.4) is 0 Å². The van der Waals surface area contributed by atoms with Crippen LogP contribution in [0.15, 0.2) is 24.3 Å². The van der Waals surface area contributed by atoms with Gasteiger partial charge in [0.05, 0.1) is 26.4 Å². The van der Waals surface area contributed by atoms with E-state index in [0.29, 0.717) is 0 Å². The van der Waals surface area contributed by atoms with Gasteiger partial charge in [-0.2, -0.15) is 4.94 Å². The Morgan fingerprint density at radius 1 is 0.676 bits per heavy atom. The highest BCUT2D eigenvalue weighted by atomic mass is 19.3. The largest absolute Gasteiger partial charge is 0.460 e. The van der Waals surface area contributed by atoms with Crippen LogP contribution >= 0.6 is 0 Å². The number of esters is 2. The van der Waals surface area contributed by atoms with Gasteiger partial charge in [0.1, 0.15) is 26.5 Å². The molecule has 0 aromatic rings. The minimum absolute atomic E-state index is 0. The molecule has 220 valence electrons. The molecule has 0 saturated heterocycles. The molecule has 0 radical (unpaired) electrons. The van der Waals surface area contributed by atoms with Crippen LogP contribution in [0.5, 0.6) is 0 Å². The van der Waals surface area contributed by atoms with Crippen molar-refractivity contribution in [2.45, 2.75) is 35.1 Å². The van der Waals surface area contributed by atoms with Crippen molar-refractivity contribution in [1.82, 2.24) is 10.6 Å². The first-order valence-electron chi connectivity index (χ1n) is 9.95. The molecule has 0 heterocycles. The van der Waals surface area contributed by atoms with Gasteiger partial charge in [0.2, 0.25) is 6.86 Å². The summed E-state index contributed by atoms with van der Waals surface area (Å²) in [5, 5.41) is 4.45. The summed E-state index contributed by atoms with van der Waals surface area (Å²) in [5.74, 6) is -1.06. The molecule has 0 aliphatic carbocycles. The minimum Gasteiger partial charge on any atom is -0.460 e. The number of halogens is 4. The fourth-order valence-corrected chi connectivity index (χ4v) is 1.23. The zero-order valence-corrected chi connectivity index (χ0v) is 19.7. The number of hydrogen-bond donors (Lipinski definition) is 2. The van der Waals surface area contributed by atoms with Gasteiger partial charge in [0, 0.05) is 17.6 Å². The second-order valence-electron chi connectivity index (χ2n) is 5.91. The van der Waals surface area contributed by atoms with Crippen molar-refractivity contribution in [3.8, 4) is 0 Å². The van der Waals surface area contributed by atoms with E-state index in [0.717, 1.165) is 0 Å². The quantitative estimate of drug-likeness (QED) is 0.107. The lowest BCUT2D eigenvalue weighted by molar-refractivity contribution is -0.139. The summed E-state index contributed by atoms with van der Waals surface area (Å²) in [5.41, 5.74) is 0.561. The second-order valence-corrected chi connectivity index (χ2v) is 5.91. The Hall–Kier alpha value is -3.36. The predicted molar refractivity (Wildman–Crippen MR) is 128 cm³/mol. The molecule has 2 amide bonds. The zero-order chi connectivity index (χ0) is 27.5. The Labute approximate surface area is 215 Å². The summed E-state index contributed by atoms with van der Waals surface area (Å²) in [6.45, 7) is 7.14. The number of carbonyl (C=O) groups is 4. The summed E-state index contributed by atoms with van der Waals surface area (Å²) in [6, 6.07) is 0. The second kappa shape index (κ2) is 32.6. The molecule has 0 bridgehead atoms. The maximum absolute atomic E-state index is 11.6. The van der Waals surface area contributed by atoms with Crippen LogP contribution in [-0.2, 0) is 33.5 Å². The molecule has 15 heteroatoms. The molecule has 0 aromatic heterocycles. The number of carbonyl (C=O) groups excluding carboxylic acids is 4. The molecular formula is C22H40F4N2O9. The summed E-state index contributed by atoms with van der Waals surface area (Å²) in [7, 11) is 0. The van der Waals surface area contributed by atoms with Gasteiger partial charge in [-0.1, -0.05) is 28.0 Å². The highest BCUT2D eigenvalue weighted by Gasteiger charge is 2.05. The third-order valence-corrected chi connectivity index (χ3v) is 2.76. The van der Waals surface area contributed by atoms with Crippen LogP contribution in [0.2, 0.25) is 0 Å². The molecular weight excluding hydrogens is 512 g/mol. The zero-order valence-electron chi connectivity index (χ0n) is 19.7. The number of amides is 2. The van der Waals surface area contributed by atoms with Crippen LogP contribution in [0.1, 0.15) is 35.1 Å². The molecule has 11 nitrogen and oxygen atoms in total. The highest BCUT2D eigenvalue weighted by Crippen LogP contribution is 1.91. The number of hydrogen-bond acceptors (Lipinski definition) is 9. The molecule has 0 aliphatic rings. The van der Waals surface area contributed by atoms with Crippen molar-refractivity contribution >= 4 is 24.1 Å². The molecule has 0 aliphatic heterocycles. The van der Waals surface area contributed by atoms with Gasteiger partial charge in [-0.15, -0.1) is 0 Å². The van der Waals surface area contributed by atoms with E-state index in [1.54, 1.807) is 0 Å². The Balaban J connectivity index is -0.000000145. The number of nitrogens with one attached hydrogen (secondary N) is 2. The fourth-order valence-electron chi connectivity index (χ4n) is 1.23. The van der Waals surface area contributed by atoms with Gasteiger partial charge in [-0.05, 0) is 18.4 Å². The standard InChI is InChI=1S/C9H14FNO4.C8H12FNO4.C3H6F2O.2CH4/c1-7(2)8(12)14-6-4-11-9(13)15-5-3-10;1-6(2)7(11)13-4-3-10-8(12)14-5-9;4-2-1-3-6-5;;/h1,3-6H2,2H3,(H,11,13);1,3-5H2,2H3,(H,10,12);1-3H2;2*1H4. The number of ether oxygens (including phenoxy) is 4. The van der Waals surface area contributed by atoms with Crippen molar-refractivity contribution in [3.05, 3.63) is 24.3 Å². The molecule has 0 unspecified atom stereocenters. The number of alkyl carbamates (subject to hydrolysis) is 2. The summed E-state index contributed by atoms with van der Waals surface area (Å²) in [6.07, 6.45) is -1.48. The number of rotatable bonds is 14. The van der Waals surface area contributed by atoms with Crippen LogP contribution < -0.4 is 10.6 Å². The van der Waals surface area contributed by atoms with Crippen molar-refractivity contribution in [3.63, 3.8) is 0 Å². The van der Waals surface area contributed by atoms with Crippen molar-refractivity contribution in [2.75, 3.05) is 59.7 Å². The van der Waals surface area contributed by atoms with Crippen molar-refractivity contribution < 1.29 is 60.8 Å². The lowest BCUT2D eigenvalue weighted by Crippen LogP contribution is -2.29. The lowest BCUT2D eigenvalue weighted by Gasteiger charge is -2.06. The van der Waals surface area contributed by atoms with E-state index in [1.165, 1.54) is 13.8 Å². The Kier molecular flexibility index (Phi) is 38.5. The van der Waals surface area contributed by atoms with E-state index < -0.39 is 44.3 Å². The molecule has 0 atom stereocenters. The molecule has 0 fully saturated rings. The van der Waals surface area contributed by atoms with E-state index in [1.807, 2.05) is 0 Å². The maximum Gasteiger partial charge on any atom is 0.409 e. The fraction of sp³-hybridized carbons (Fsp3) is 0.636. The molecule has 37 heavy (non-hydrogen) atoms. The van der Waals surface area contributed by atoms with Gasteiger partial charge in [-0.25, -0.2) is 28.0 Å². The van der Waals surface area contributed by atoms with Crippen LogP contribution in [-0.4, -0.2) is 83.9 Å². The summed E-state index contributed by atoms with van der Waals surface area (Å²) in [4.78, 5) is 45.9. The average Bonchev–Trinajstić information content (AvgIpc) is 2.82. The minimum atomic E-state index is -1.18. The van der Waals surface area contributed by atoms with Gasteiger partial charge >= 0.3 is 24.1 Å². The van der Waals surface area contributed by atoms with E-state index in [-0.39, 0.29) is 71.9 Å². The van der Waals surface area contributed by atoms with Crippen LogP contribution in [0, 0.1) is 0 Å². The van der Waals surface area contributed by atoms with Crippen LogP contribution in [0.25, 0.3) is 0 Å². The normalized spacial score (nSPS) is 8.59. The smallest absolute Gasteiger partial charge is 0.409 e. The third kappa shape index (κ3) is 37.4. The van der Waals surface area contributed by atoms with E-state index in [9.17, 15) is 36.9 Å². The van der Waals surface area contributed by atoms with Gasteiger partial charge in [-0.3, -0.25) is 4.39 Å². The topological polar surface area (TPSA) is 138 Å². The van der Waals surface area contributed by atoms with E-state index in [4.69, 9.17) is 0 Å². The van der Waals surface area contributed by atoms with Crippen molar-refractivity contribution in [1.29, 1.82) is 0 Å². The molecule has 0 saturated carbocycles. The monoisotopic (exact) mass is 552 g/mol. The Morgan fingerprint density at radius 3 is 1.41 bits per heavy atom. The van der Waals surface area contributed by atoms with Gasteiger partial charge in [0.25, 0.3) is 0 Å². The average molecular weight is 553 g/mol. The SMILES string of the molecule is C.C.C=C(C)C(=O)OCCNC(=O)OCCF.C=C(C)C(=O)OCCNC(=O)OCF.FCCCOF. The molecule has 2 N–H and O–H groups in total. The lowest BCUT2D eigenvalue weighted by atomic mass is 10.4. The van der Waals surface area contributed by atoms with E-state index in [2.05, 4.69) is 47.7 Å². The van der Waals surface area contributed by atoms with Crippen molar-refractivity contribution in [2.24, 2.45) is 0 Å². The van der Waals surface area contributed by atoms with Gasteiger partial charge < -0.3 is 29.6 Å². The first-order chi connectivity index (χ1) is 16.6. The molecule has 0 rings (SSSR count).